The van der Waals surface area contributed by atoms with Crippen LogP contribution in [-0.4, -0.2) is 16.6 Å². The Hall–Kier alpha value is -1.20. The van der Waals surface area contributed by atoms with Crippen molar-refractivity contribution in [2.24, 2.45) is 0 Å². The van der Waals surface area contributed by atoms with E-state index in [0.29, 0.717) is 5.11 Å². The molecule has 0 saturated carbocycles. The summed E-state index contributed by atoms with van der Waals surface area (Å²) in [7, 11) is 0. The van der Waals surface area contributed by atoms with Crippen molar-refractivity contribution in [2.45, 2.75) is 20.3 Å². The summed E-state index contributed by atoms with van der Waals surface area (Å²) in [5.41, 5.74) is 2.06. The molecule has 1 aromatic carbocycles. The number of hydrogen-bond acceptors (Lipinski definition) is 3. The normalized spacial score (nSPS) is 10.5. The van der Waals surface area contributed by atoms with Gasteiger partial charge in [0.15, 0.2) is 5.11 Å². The quantitative estimate of drug-likeness (QED) is 0.835. The highest BCUT2D eigenvalue weighted by Gasteiger charge is 2.02. The third kappa shape index (κ3) is 3.14. The van der Waals surface area contributed by atoms with Crippen LogP contribution in [-0.2, 0) is 0 Å². The molecule has 17 heavy (non-hydrogen) atoms. The van der Waals surface area contributed by atoms with Crippen LogP contribution in [0.15, 0.2) is 18.2 Å². The number of fused-ring (bicyclic) bond motifs is 1. The van der Waals surface area contributed by atoms with Crippen LogP contribution in [0, 0.1) is 6.92 Å². The van der Waals surface area contributed by atoms with E-state index in [2.05, 4.69) is 28.6 Å². The minimum atomic E-state index is 0.674. The van der Waals surface area contributed by atoms with Gasteiger partial charge >= 0.3 is 0 Å². The fourth-order valence-corrected chi connectivity index (χ4v) is 2.62. The average molecular weight is 265 g/mol. The summed E-state index contributed by atoms with van der Waals surface area (Å²) in [5.74, 6) is 0. The zero-order valence-corrected chi connectivity index (χ0v) is 11.5. The summed E-state index contributed by atoms with van der Waals surface area (Å²) in [6.45, 7) is 5.03. The van der Waals surface area contributed by atoms with E-state index < -0.39 is 0 Å². The van der Waals surface area contributed by atoms with E-state index in [0.717, 1.165) is 29.2 Å². The molecule has 1 heterocycles. The Balaban J connectivity index is 2.10. The summed E-state index contributed by atoms with van der Waals surface area (Å²) in [5, 5.41) is 8.08. The molecular formula is C12H15N3S2. The van der Waals surface area contributed by atoms with E-state index in [1.807, 2.05) is 19.1 Å². The molecule has 0 amide bonds. The van der Waals surface area contributed by atoms with Gasteiger partial charge in [0, 0.05) is 12.2 Å². The average Bonchev–Trinajstić information content (AvgIpc) is 2.65. The number of thiocarbonyl (C=S) groups is 1. The van der Waals surface area contributed by atoms with E-state index in [9.17, 15) is 0 Å². The monoisotopic (exact) mass is 265 g/mol. The number of hydrogen-bond donors (Lipinski definition) is 2. The Kier molecular flexibility index (Phi) is 3.91. The molecule has 0 unspecified atom stereocenters. The number of benzene rings is 1. The molecule has 0 atom stereocenters. The second-order valence-electron chi connectivity index (χ2n) is 3.80. The number of anilines is 1. The minimum Gasteiger partial charge on any atom is -0.362 e. The predicted octanol–water partition coefficient (Wildman–Crippen LogP) is 3.30. The van der Waals surface area contributed by atoms with Gasteiger partial charge in [-0.3, -0.25) is 0 Å². The summed E-state index contributed by atoms with van der Waals surface area (Å²) in [6, 6.07) is 6.10. The Bertz CT molecular complexity index is 534. The second kappa shape index (κ2) is 5.42. The molecule has 0 aliphatic carbocycles. The summed E-state index contributed by atoms with van der Waals surface area (Å²) < 4.78 is 1.19. The topological polar surface area (TPSA) is 37.0 Å². The van der Waals surface area contributed by atoms with Gasteiger partial charge in [0.25, 0.3) is 0 Å². The number of aryl methyl sites for hydroxylation is 1. The molecule has 3 nitrogen and oxygen atoms in total. The molecule has 2 N–H and O–H groups in total. The van der Waals surface area contributed by atoms with Crippen molar-refractivity contribution >= 4 is 44.6 Å². The summed E-state index contributed by atoms with van der Waals surface area (Å²) in [6.07, 6.45) is 1.06. The number of aromatic nitrogens is 1. The van der Waals surface area contributed by atoms with Crippen LogP contribution >= 0.6 is 23.6 Å². The molecule has 0 spiro atoms. The standard InChI is InChI=1S/C12H15N3S2/c1-3-6-13-12(16)15-9-4-5-10-11(7-9)17-8(2)14-10/h4-5,7H,3,6H2,1-2H3,(H2,13,15,16). The maximum atomic E-state index is 5.19. The van der Waals surface area contributed by atoms with E-state index >= 15 is 0 Å². The third-order valence-corrected chi connectivity index (χ3v) is 3.47. The van der Waals surface area contributed by atoms with Gasteiger partial charge in [-0.05, 0) is 43.8 Å². The van der Waals surface area contributed by atoms with E-state index in [1.165, 1.54) is 4.70 Å². The van der Waals surface area contributed by atoms with Crippen molar-refractivity contribution in [1.82, 2.24) is 10.3 Å². The molecule has 0 saturated heterocycles. The first-order valence-corrected chi connectivity index (χ1v) is 6.83. The Morgan fingerprint density at radius 2 is 2.29 bits per heavy atom. The van der Waals surface area contributed by atoms with Crippen LogP contribution in [0.3, 0.4) is 0 Å². The third-order valence-electron chi connectivity index (χ3n) is 2.29. The Labute approximate surface area is 110 Å². The summed E-state index contributed by atoms with van der Waals surface area (Å²) in [4.78, 5) is 4.43. The van der Waals surface area contributed by atoms with Crippen LogP contribution in [0.1, 0.15) is 18.4 Å². The van der Waals surface area contributed by atoms with Gasteiger partial charge in [0.05, 0.1) is 15.2 Å². The van der Waals surface area contributed by atoms with Gasteiger partial charge in [-0.2, -0.15) is 0 Å². The van der Waals surface area contributed by atoms with Gasteiger partial charge in [-0.15, -0.1) is 11.3 Å². The molecule has 0 bridgehead atoms. The van der Waals surface area contributed by atoms with Gasteiger partial charge < -0.3 is 10.6 Å². The zero-order valence-electron chi connectivity index (χ0n) is 9.91. The molecule has 0 radical (unpaired) electrons. The van der Waals surface area contributed by atoms with E-state index in [-0.39, 0.29) is 0 Å². The highest BCUT2D eigenvalue weighted by Crippen LogP contribution is 2.24. The fraction of sp³-hybridized carbons (Fsp3) is 0.333. The second-order valence-corrected chi connectivity index (χ2v) is 5.44. The molecule has 2 aromatic rings. The highest BCUT2D eigenvalue weighted by atomic mass is 32.1. The number of thiazole rings is 1. The van der Waals surface area contributed by atoms with E-state index in [1.54, 1.807) is 11.3 Å². The van der Waals surface area contributed by atoms with E-state index in [4.69, 9.17) is 12.2 Å². The van der Waals surface area contributed by atoms with Crippen LogP contribution in [0.25, 0.3) is 10.2 Å². The maximum Gasteiger partial charge on any atom is 0.170 e. The lowest BCUT2D eigenvalue weighted by atomic mass is 10.3. The molecule has 0 aliphatic heterocycles. The van der Waals surface area contributed by atoms with Gasteiger partial charge in [-0.25, -0.2) is 4.98 Å². The van der Waals surface area contributed by atoms with Crippen molar-refractivity contribution in [1.29, 1.82) is 0 Å². The van der Waals surface area contributed by atoms with Crippen LogP contribution in [0.4, 0.5) is 5.69 Å². The molecule has 90 valence electrons. The fourth-order valence-electron chi connectivity index (χ4n) is 1.53. The number of nitrogens with one attached hydrogen (secondary N) is 2. The molecule has 0 fully saturated rings. The predicted molar refractivity (Wildman–Crippen MR) is 78.9 cm³/mol. The van der Waals surface area contributed by atoms with Crippen LogP contribution < -0.4 is 10.6 Å². The van der Waals surface area contributed by atoms with Crippen molar-refractivity contribution in [3.05, 3.63) is 23.2 Å². The number of nitrogens with zero attached hydrogens (tertiary/aromatic N) is 1. The first kappa shape index (κ1) is 12.3. The van der Waals surface area contributed by atoms with Crippen molar-refractivity contribution < 1.29 is 0 Å². The molecule has 1 aromatic heterocycles. The van der Waals surface area contributed by atoms with Crippen molar-refractivity contribution in [3.63, 3.8) is 0 Å². The lowest BCUT2D eigenvalue weighted by Gasteiger charge is -2.09. The zero-order chi connectivity index (χ0) is 12.3. The minimum absolute atomic E-state index is 0.674. The Morgan fingerprint density at radius 3 is 3.06 bits per heavy atom. The molecule has 5 heteroatoms. The van der Waals surface area contributed by atoms with Crippen molar-refractivity contribution in [2.75, 3.05) is 11.9 Å². The lowest BCUT2D eigenvalue weighted by molar-refractivity contribution is 0.846. The summed E-state index contributed by atoms with van der Waals surface area (Å²) >= 11 is 6.89. The molecular weight excluding hydrogens is 250 g/mol. The number of rotatable bonds is 3. The molecule has 2 rings (SSSR count). The molecule has 0 aliphatic rings. The van der Waals surface area contributed by atoms with Gasteiger partial charge in [0.1, 0.15) is 0 Å². The smallest absolute Gasteiger partial charge is 0.170 e. The Morgan fingerprint density at radius 1 is 1.47 bits per heavy atom. The van der Waals surface area contributed by atoms with Crippen molar-refractivity contribution in [3.8, 4) is 0 Å². The van der Waals surface area contributed by atoms with Gasteiger partial charge in [-0.1, -0.05) is 6.92 Å². The first-order valence-electron chi connectivity index (χ1n) is 5.61. The van der Waals surface area contributed by atoms with Gasteiger partial charge in [0.2, 0.25) is 0 Å². The highest BCUT2D eigenvalue weighted by molar-refractivity contribution is 7.80. The van der Waals surface area contributed by atoms with Crippen LogP contribution in [0.5, 0.6) is 0 Å². The largest absolute Gasteiger partial charge is 0.362 e. The SMILES string of the molecule is CCCNC(=S)Nc1ccc2nc(C)sc2c1. The van der Waals surface area contributed by atoms with Crippen LogP contribution in [0.2, 0.25) is 0 Å². The lowest BCUT2D eigenvalue weighted by Crippen LogP contribution is -2.28. The maximum absolute atomic E-state index is 5.19. The first-order chi connectivity index (χ1) is 8.19.